The third kappa shape index (κ3) is 160. The molecule has 0 aliphatic rings. The van der Waals surface area contributed by atoms with Crippen LogP contribution in [0.1, 0.15) is 61.3 Å². The van der Waals surface area contributed by atoms with Crippen LogP contribution in [0.2, 0.25) is 0 Å². The molecule has 6 nitrogen and oxygen atoms in total. The van der Waals surface area contributed by atoms with E-state index in [4.69, 9.17) is 16.8 Å². The molecule has 209 valence electrons. The molecule has 0 spiro atoms. The van der Waals surface area contributed by atoms with Gasteiger partial charge in [0.15, 0.2) is 0 Å². The number of hydrogen-bond donors (Lipinski definition) is 2. The van der Waals surface area contributed by atoms with Gasteiger partial charge >= 0.3 is 17.4 Å². The predicted octanol–water partition coefficient (Wildman–Crippen LogP) is 7.21. The Balaban J connectivity index is -0.0000000170. The largest absolute Gasteiger partial charge is 0.518 e. The van der Waals surface area contributed by atoms with E-state index < -0.39 is 0 Å². The van der Waals surface area contributed by atoms with Gasteiger partial charge in [-0.1, -0.05) is 41.4 Å². The van der Waals surface area contributed by atoms with Gasteiger partial charge in [0, 0.05) is 301 Å². The van der Waals surface area contributed by atoms with Gasteiger partial charge in [-0.05, 0) is 54.4 Å². The van der Waals surface area contributed by atoms with E-state index in [1.807, 2.05) is 47.6 Å². The first-order valence-corrected chi connectivity index (χ1v) is 11.1. The molecule has 17 heteroatoms. The van der Waals surface area contributed by atoms with Crippen molar-refractivity contribution in [3.63, 3.8) is 0 Å². The summed E-state index contributed by atoms with van der Waals surface area (Å²) < 4.78 is 28.2. The molecule has 0 fully saturated rings. The first kappa shape index (κ1) is 92.0. The fourth-order valence-corrected chi connectivity index (χ4v) is 1.17. The minimum atomic E-state index is -0.244. The van der Waals surface area contributed by atoms with Crippen LogP contribution >= 0.6 is 17.4 Å². The Bertz CT molecular complexity index is 523. The molecule has 2 N–H and O–H groups in total. The Labute approximate surface area is 476 Å². The number of allylic oxidation sites excluding steroid dienone is 3. The second-order valence-electron chi connectivity index (χ2n) is 6.49. The molecule has 0 unspecified atom stereocenters. The van der Waals surface area contributed by atoms with E-state index in [0.29, 0.717) is 13.2 Å². The maximum absolute atomic E-state index is 9.63. The monoisotopic (exact) mass is 1280 g/mol. The minimum Gasteiger partial charge on any atom is -0.518 e. The number of rotatable bonds is 10. The van der Waals surface area contributed by atoms with Crippen molar-refractivity contribution in [2.75, 3.05) is 26.4 Å². The van der Waals surface area contributed by atoms with E-state index in [1.165, 1.54) is 11.6 Å². The standard InChI is InChI=1S/2C5H9O2P.2C5H10O.C3H5.9Y/c2*1-5(2)3-4-7-8-6;2*1-5(2)3-4-6;1-3-2;;;;;;;;;/h3H,4H2,1-2H3;1,3-4H2,2H3;3,6H,4H2,1-2H3;6H,1,3-4H2,2H3;1,3H,2H3;;;;;;;;;/q;;;;-1;;;;;;;;;. The van der Waals surface area contributed by atoms with E-state index >= 15 is 0 Å². The van der Waals surface area contributed by atoms with E-state index in [0.717, 1.165) is 29.6 Å². The van der Waals surface area contributed by atoms with E-state index in [9.17, 15) is 9.13 Å². The molecule has 0 aliphatic carbocycles. The van der Waals surface area contributed by atoms with Gasteiger partial charge < -0.3 is 16.8 Å². The van der Waals surface area contributed by atoms with Crippen molar-refractivity contribution in [1.82, 2.24) is 0 Å². The van der Waals surface area contributed by atoms with E-state index in [2.05, 4.69) is 22.2 Å². The third-order valence-electron chi connectivity index (χ3n) is 2.33. The molecule has 9 radical (unpaired) electrons. The zero-order valence-electron chi connectivity index (χ0n) is 25.6. The van der Waals surface area contributed by atoms with Crippen LogP contribution in [0.3, 0.4) is 0 Å². The van der Waals surface area contributed by atoms with Gasteiger partial charge in [-0.25, -0.2) is 9.13 Å². The van der Waals surface area contributed by atoms with E-state index in [-0.39, 0.29) is 325 Å². The van der Waals surface area contributed by atoms with Crippen LogP contribution in [0.4, 0.5) is 0 Å². The number of aliphatic hydroxyl groups is 2. The fourth-order valence-electron chi connectivity index (χ4n) is 0.865. The van der Waals surface area contributed by atoms with Crippen molar-refractivity contribution in [2.24, 2.45) is 0 Å². The maximum Gasteiger partial charge on any atom is 0.327 e. The SMILES string of the molecule is C=C(C)CCO.C=C(C)CCOP=O.CC(C)=CCO.CC(C)=CCOP=O.[CH-]=CC.[Y].[Y].[Y].[Y].[Y].[Y].[Y].[Y].[Y]. The summed E-state index contributed by atoms with van der Waals surface area (Å²) in [6.07, 6.45) is 6.65. The van der Waals surface area contributed by atoms with Crippen LogP contribution in [-0.4, -0.2) is 36.6 Å². The predicted molar refractivity (Wildman–Crippen MR) is 134 cm³/mol. The summed E-state index contributed by atoms with van der Waals surface area (Å²) >= 11 is 0. The maximum atomic E-state index is 9.63. The van der Waals surface area contributed by atoms with Crippen LogP contribution in [0.5, 0.6) is 0 Å². The third-order valence-corrected chi connectivity index (χ3v) is 2.87. The van der Waals surface area contributed by atoms with Crippen LogP contribution in [0, 0.1) is 6.58 Å². The molecule has 0 saturated carbocycles. The van der Waals surface area contributed by atoms with Crippen molar-refractivity contribution in [2.45, 2.75) is 61.3 Å². The average Bonchev–Trinajstić information content (AvgIpc) is 2.64. The summed E-state index contributed by atoms with van der Waals surface area (Å²) in [5, 5.41) is 16.3. The first-order chi connectivity index (χ1) is 14.5. The molecule has 0 aliphatic heterocycles. The summed E-state index contributed by atoms with van der Waals surface area (Å²) in [6, 6.07) is 0. The summed E-state index contributed by atoms with van der Waals surface area (Å²) in [5.41, 5.74) is 4.43. The number of aliphatic hydroxyl groups excluding tert-OH is 2. The molecule has 0 bridgehead atoms. The molecule has 0 atom stereocenters. The zero-order chi connectivity index (χ0) is 25.5. The first-order valence-electron chi connectivity index (χ1n) is 9.66. The normalized spacial score (nSPS) is 6.53. The van der Waals surface area contributed by atoms with Gasteiger partial charge in [0.05, 0.1) is 19.8 Å². The minimum absolute atomic E-state index is 0. The van der Waals surface area contributed by atoms with Gasteiger partial charge in [0.25, 0.3) is 0 Å². The van der Waals surface area contributed by atoms with Crippen molar-refractivity contribution in [1.29, 1.82) is 0 Å². The smallest absolute Gasteiger partial charge is 0.327 e. The Morgan fingerprint density at radius 1 is 0.700 bits per heavy atom. The number of hydrogen-bond acceptors (Lipinski definition) is 6. The van der Waals surface area contributed by atoms with Gasteiger partial charge in [-0.3, -0.25) is 15.1 Å². The Hall–Kier alpha value is 8.68. The second-order valence-corrected chi connectivity index (χ2v) is 7.31. The molecule has 0 aromatic heterocycles. The topological polar surface area (TPSA) is 93.1 Å². The van der Waals surface area contributed by atoms with Gasteiger partial charge in [-0.15, -0.1) is 13.2 Å². The Morgan fingerprint density at radius 3 is 1.18 bits per heavy atom. The van der Waals surface area contributed by atoms with Crippen LogP contribution in [0.25, 0.3) is 0 Å². The van der Waals surface area contributed by atoms with Gasteiger partial charge in [0.1, 0.15) is 0 Å². The summed E-state index contributed by atoms with van der Waals surface area (Å²) in [7, 11) is -0.485. The van der Waals surface area contributed by atoms with Crippen LogP contribution < -0.4 is 0 Å². The fraction of sp³-hybridized carbons (Fsp3) is 0.565. The van der Waals surface area contributed by atoms with Crippen molar-refractivity contribution < 1.29 is 323 Å². The molecule has 0 aromatic rings. The Kier molecular flexibility index (Phi) is 211. The quantitative estimate of drug-likeness (QED) is 0.104. The molecular weight excluding hydrogens is 1230 g/mol. The van der Waals surface area contributed by atoms with Crippen molar-refractivity contribution >= 4 is 17.4 Å². The summed E-state index contributed by atoms with van der Waals surface area (Å²) in [4.78, 5) is 0. The molecule has 0 rings (SSSR count). The van der Waals surface area contributed by atoms with E-state index in [1.54, 1.807) is 13.0 Å². The molecular formula is C23H43O6P2Y9-. The molecule has 40 heavy (non-hydrogen) atoms. The summed E-state index contributed by atoms with van der Waals surface area (Å²) in [5.74, 6) is 0. The Morgan fingerprint density at radius 2 is 1.02 bits per heavy atom. The van der Waals surface area contributed by atoms with Crippen LogP contribution in [0.15, 0.2) is 53.7 Å². The average molecular weight is 1280 g/mol. The molecule has 0 aromatic carbocycles. The van der Waals surface area contributed by atoms with Crippen LogP contribution in [-0.2, 0) is 313 Å². The zero-order valence-corrected chi connectivity index (χ0v) is 52.9. The van der Waals surface area contributed by atoms with Gasteiger partial charge in [-0.2, -0.15) is 0 Å². The molecule has 0 heterocycles. The van der Waals surface area contributed by atoms with Gasteiger partial charge in [0.2, 0.25) is 0 Å². The molecule has 0 saturated heterocycles. The van der Waals surface area contributed by atoms with Crippen molar-refractivity contribution in [3.8, 4) is 0 Å². The van der Waals surface area contributed by atoms with Crippen molar-refractivity contribution in [3.05, 3.63) is 60.3 Å². The molecule has 0 amide bonds. The summed E-state index contributed by atoms with van der Waals surface area (Å²) in [6.45, 7) is 26.7. The second kappa shape index (κ2) is 91.6.